The van der Waals surface area contributed by atoms with E-state index < -0.39 is 0 Å². The summed E-state index contributed by atoms with van der Waals surface area (Å²) >= 11 is 0. The molecule has 1 aliphatic heterocycles. The van der Waals surface area contributed by atoms with Gasteiger partial charge in [0.1, 0.15) is 0 Å². The molecule has 4 nitrogen and oxygen atoms in total. The van der Waals surface area contributed by atoms with Gasteiger partial charge in [-0.25, -0.2) is 0 Å². The Kier molecular flexibility index (Phi) is 4.29. The van der Waals surface area contributed by atoms with E-state index in [2.05, 4.69) is 30.3 Å². The van der Waals surface area contributed by atoms with Crippen molar-refractivity contribution in [2.45, 2.75) is 64.0 Å². The Morgan fingerprint density at radius 3 is 2.81 bits per heavy atom. The van der Waals surface area contributed by atoms with Crippen LogP contribution in [0.1, 0.15) is 61.4 Å². The van der Waals surface area contributed by atoms with E-state index in [9.17, 15) is 0 Å². The first-order valence-corrected chi connectivity index (χ1v) is 8.17. The van der Waals surface area contributed by atoms with E-state index in [0.717, 1.165) is 25.1 Å². The Hall–Kier alpha value is -0.970. The lowest BCUT2D eigenvalue weighted by molar-refractivity contribution is -0.0984. The number of aromatic nitrogens is 1. The molecule has 1 spiro atoms. The van der Waals surface area contributed by atoms with Crippen molar-refractivity contribution < 1.29 is 4.74 Å². The van der Waals surface area contributed by atoms with Crippen LogP contribution in [-0.2, 0) is 4.74 Å². The molecule has 2 atom stereocenters. The molecule has 1 aliphatic carbocycles. The zero-order valence-corrected chi connectivity index (χ0v) is 13.2. The predicted molar refractivity (Wildman–Crippen MR) is 83.7 cm³/mol. The predicted octanol–water partition coefficient (Wildman–Crippen LogP) is 2.94. The molecule has 2 aliphatic rings. The molecule has 2 unspecified atom stereocenters. The highest BCUT2D eigenvalue weighted by Gasteiger charge is 2.42. The molecule has 4 heteroatoms. The minimum absolute atomic E-state index is 0.122. The van der Waals surface area contributed by atoms with Gasteiger partial charge in [-0.05, 0) is 56.6 Å². The van der Waals surface area contributed by atoms with Crippen LogP contribution in [0, 0.1) is 19.8 Å². The summed E-state index contributed by atoms with van der Waals surface area (Å²) in [7, 11) is 0. The van der Waals surface area contributed by atoms with Crippen LogP contribution in [-0.4, -0.2) is 17.2 Å². The van der Waals surface area contributed by atoms with E-state index in [1.165, 1.54) is 36.8 Å². The zero-order chi connectivity index (χ0) is 14.9. The fourth-order valence-electron chi connectivity index (χ4n) is 4.21. The summed E-state index contributed by atoms with van der Waals surface area (Å²) in [5.74, 6) is 6.41. The largest absolute Gasteiger partial charge is 0.375 e. The summed E-state index contributed by atoms with van der Waals surface area (Å²) < 4.78 is 6.15. The first kappa shape index (κ1) is 14.9. The Morgan fingerprint density at radius 1 is 1.38 bits per heavy atom. The lowest BCUT2D eigenvalue weighted by atomic mass is 9.79. The summed E-state index contributed by atoms with van der Waals surface area (Å²) in [6.45, 7) is 5.06. The van der Waals surface area contributed by atoms with Gasteiger partial charge in [0.15, 0.2) is 0 Å². The van der Waals surface area contributed by atoms with Gasteiger partial charge >= 0.3 is 0 Å². The second-order valence-corrected chi connectivity index (χ2v) is 6.85. The molecule has 116 valence electrons. The van der Waals surface area contributed by atoms with Gasteiger partial charge in [0.2, 0.25) is 0 Å². The van der Waals surface area contributed by atoms with Crippen LogP contribution in [0.15, 0.2) is 12.3 Å². The number of hydrazine groups is 1. The van der Waals surface area contributed by atoms with Crippen molar-refractivity contribution in [2.24, 2.45) is 11.8 Å². The lowest BCUT2D eigenvalue weighted by Crippen LogP contribution is -2.44. The van der Waals surface area contributed by atoms with E-state index in [-0.39, 0.29) is 11.6 Å². The van der Waals surface area contributed by atoms with Crippen molar-refractivity contribution in [3.05, 3.63) is 29.1 Å². The molecule has 21 heavy (non-hydrogen) atoms. The monoisotopic (exact) mass is 289 g/mol. The quantitative estimate of drug-likeness (QED) is 0.663. The molecular formula is C17H27N3O. The van der Waals surface area contributed by atoms with Gasteiger partial charge in [-0.15, -0.1) is 0 Å². The molecule has 0 bridgehead atoms. The Balaban J connectivity index is 1.82. The van der Waals surface area contributed by atoms with Crippen LogP contribution in [0.4, 0.5) is 0 Å². The summed E-state index contributed by atoms with van der Waals surface area (Å²) in [5, 5.41) is 0. The number of pyridine rings is 1. The summed E-state index contributed by atoms with van der Waals surface area (Å²) in [6, 6.07) is 2.32. The normalized spacial score (nSPS) is 26.1. The number of ether oxygens (including phenoxy) is 1. The molecule has 0 radical (unpaired) electrons. The Bertz CT molecular complexity index is 497. The van der Waals surface area contributed by atoms with Gasteiger partial charge in [0.05, 0.1) is 17.3 Å². The SMILES string of the molecule is Cc1cnc(C(NN)C2CCOC3(CCCC3)C2)c(C)c1. The second kappa shape index (κ2) is 6.03. The average molecular weight is 289 g/mol. The number of aryl methyl sites for hydroxylation is 2. The molecule has 2 heterocycles. The molecule has 3 rings (SSSR count). The number of hydrogen-bond acceptors (Lipinski definition) is 4. The fraction of sp³-hybridized carbons (Fsp3) is 0.706. The van der Waals surface area contributed by atoms with Crippen molar-refractivity contribution in [1.82, 2.24) is 10.4 Å². The molecule has 1 aromatic heterocycles. The first-order valence-electron chi connectivity index (χ1n) is 8.17. The van der Waals surface area contributed by atoms with Crippen LogP contribution in [0.25, 0.3) is 0 Å². The van der Waals surface area contributed by atoms with Crippen molar-refractivity contribution in [2.75, 3.05) is 6.61 Å². The van der Waals surface area contributed by atoms with E-state index in [4.69, 9.17) is 10.6 Å². The molecular weight excluding hydrogens is 262 g/mol. The maximum atomic E-state index is 6.15. The molecule has 1 aromatic rings. The molecule has 0 aromatic carbocycles. The van der Waals surface area contributed by atoms with Crippen molar-refractivity contribution in [1.29, 1.82) is 0 Å². The van der Waals surface area contributed by atoms with Gasteiger partial charge in [-0.1, -0.05) is 18.9 Å². The molecule has 2 fully saturated rings. The second-order valence-electron chi connectivity index (χ2n) is 6.85. The van der Waals surface area contributed by atoms with E-state index >= 15 is 0 Å². The Morgan fingerprint density at radius 2 is 2.14 bits per heavy atom. The molecule has 1 saturated carbocycles. The van der Waals surface area contributed by atoms with Crippen LogP contribution >= 0.6 is 0 Å². The minimum atomic E-state index is 0.122. The van der Waals surface area contributed by atoms with Crippen LogP contribution in [0.3, 0.4) is 0 Å². The number of nitrogens with two attached hydrogens (primary N) is 1. The highest BCUT2D eigenvalue weighted by atomic mass is 16.5. The highest BCUT2D eigenvalue weighted by Crippen LogP contribution is 2.45. The van der Waals surface area contributed by atoms with Gasteiger partial charge < -0.3 is 4.74 Å². The number of hydrogen-bond donors (Lipinski definition) is 2. The third-order valence-corrected chi connectivity index (χ3v) is 5.25. The minimum Gasteiger partial charge on any atom is -0.375 e. The number of nitrogens with one attached hydrogen (secondary N) is 1. The topological polar surface area (TPSA) is 60.2 Å². The zero-order valence-electron chi connectivity index (χ0n) is 13.2. The van der Waals surface area contributed by atoms with Crippen molar-refractivity contribution in [3.8, 4) is 0 Å². The van der Waals surface area contributed by atoms with Crippen molar-refractivity contribution in [3.63, 3.8) is 0 Å². The van der Waals surface area contributed by atoms with Crippen molar-refractivity contribution >= 4 is 0 Å². The maximum absolute atomic E-state index is 6.15. The summed E-state index contributed by atoms with van der Waals surface area (Å²) in [6.07, 6.45) is 9.13. The van der Waals surface area contributed by atoms with Crippen LogP contribution < -0.4 is 11.3 Å². The lowest BCUT2D eigenvalue weighted by Gasteiger charge is -2.41. The van der Waals surface area contributed by atoms with E-state index in [0.29, 0.717) is 5.92 Å². The highest BCUT2D eigenvalue weighted by molar-refractivity contribution is 5.26. The van der Waals surface area contributed by atoms with E-state index in [1.807, 2.05) is 6.20 Å². The third kappa shape index (κ3) is 2.98. The maximum Gasteiger partial charge on any atom is 0.0686 e. The van der Waals surface area contributed by atoms with Crippen LogP contribution in [0.2, 0.25) is 0 Å². The van der Waals surface area contributed by atoms with Gasteiger partial charge in [0, 0.05) is 12.8 Å². The number of nitrogens with zero attached hydrogens (tertiary/aromatic N) is 1. The number of rotatable bonds is 3. The standard InChI is InChI=1S/C17H27N3O/c1-12-9-13(2)15(19-11-12)16(20-18)14-5-8-21-17(10-14)6-3-4-7-17/h9,11,14,16,20H,3-8,10,18H2,1-2H3. The molecule has 0 amide bonds. The van der Waals surface area contributed by atoms with Crippen LogP contribution in [0.5, 0.6) is 0 Å². The summed E-state index contributed by atoms with van der Waals surface area (Å²) in [5.41, 5.74) is 6.69. The van der Waals surface area contributed by atoms with Gasteiger partial charge in [0.25, 0.3) is 0 Å². The molecule has 3 N–H and O–H groups in total. The first-order chi connectivity index (χ1) is 10.1. The van der Waals surface area contributed by atoms with Gasteiger partial charge in [-0.3, -0.25) is 16.3 Å². The smallest absolute Gasteiger partial charge is 0.0686 e. The third-order valence-electron chi connectivity index (χ3n) is 5.25. The average Bonchev–Trinajstić information content (AvgIpc) is 2.90. The molecule has 1 saturated heterocycles. The fourth-order valence-corrected chi connectivity index (χ4v) is 4.21. The Labute approximate surface area is 127 Å². The van der Waals surface area contributed by atoms with Gasteiger partial charge in [-0.2, -0.15) is 0 Å². The summed E-state index contributed by atoms with van der Waals surface area (Å²) in [4.78, 5) is 4.66. The van der Waals surface area contributed by atoms with E-state index in [1.54, 1.807) is 0 Å².